The normalized spacial score (nSPS) is 14.4. The Morgan fingerprint density at radius 2 is 0.684 bits per heavy atom. The van der Waals surface area contributed by atoms with E-state index >= 15 is 0 Å². The number of allylic oxidation sites excluding steroid dienone is 23. The lowest BCUT2D eigenvalue weighted by atomic mass is 10.1. The van der Waals surface area contributed by atoms with E-state index in [1.165, 1.54) is 6.42 Å². The summed E-state index contributed by atoms with van der Waals surface area (Å²) in [5.41, 5.74) is 0. The van der Waals surface area contributed by atoms with Crippen LogP contribution in [0.5, 0.6) is 0 Å². The van der Waals surface area contributed by atoms with Gasteiger partial charge in [0.1, 0.15) is 12.7 Å². The molecule has 0 rings (SSSR count). The first kappa shape index (κ1) is 71.4. The van der Waals surface area contributed by atoms with Crippen LogP contribution in [0, 0.1) is 0 Å². The molecule has 0 fully saturated rings. The summed E-state index contributed by atoms with van der Waals surface area (Å²) in [6.07, 6.45) is 72.6. The van der Waals surface area contributed by atoms with E-state index in [4.69, 9.17) is 23.3 Å². The van der Waals surface area contributed by atoms with Crippen molar-refractivity contribution in [3.8, 4) is 0 Å². The maximum Gasteiger partial charge on any atom is 0.472 e. The molecule has 11 nitrogen and oxygen atoms in total. The zero-order valence-corrected chi connectivity index (χ0v) is 48.0. The van der Waals surface area contributed by atoms with Gasteiger partial charge in [-0.15, -0.1) is 0 Å². The summed E-state index contributed by atoms with van der Waals surface area (Å²) in [6, 6.07) is 0. The minimum atomic E-state index is -4.79. The maximum absolute atomic E-state index is 12.9. The quantitative estimate of drug-likeness (QED) is 0.0197. The highest BCUT2D eigenvalue weighted by Gasteiger charge is 2.28. The zero-order valence-electron chi connectivity index (χ0n) is 47.2. The van der Waals surface area contributed by atoms with Crippen LogP contribution in [0.1, 0.15) is 201 Å². The molecular formula is C64H101O11P. The molecule has 0 aliphatic carbocycles. The molecule has 0 amide bonds. The fourth-order valence-electron chi connectivity index (χ4n) is 7.02. The molecule has 2 N–H and O–H groups in total. The molecule has 0 aromatic carbocycles. The number of hydrogen-bond acceptors (Lipinski definition) is 10. The second-order valence-corrected chi connectivity index (χ2v) is 19.8. The Hall–Kier alpha value is -4.64. The van der Waals surface area contributed by atoms with Crippen LogP contribution in [0.4, 0.5) is 0 Å². The molecule has 0 spiro atoms. The fourth-order valence-corrected chi connectivity index (χ4v) is 7.81. The molecule has 0 bridgehead atoms. The van der Waals surface area contributed by atoms with Crippen LogP contribution >= 0.6 is 7.82 Å². The minimum Gasteiger partial charge on any atom is -0.461 e. The van der Waals surface area contributed by atoms with Crippen molar-refractivity contribution in [2.24, 2.45) is 0 Å². The van der Waals surface area contributed by atoms with Crippen LogP contribution in [0.3, 0.4) is 0 Å². The highest BCUT2D eigenvalue weighted by Crippen LogP contribution is 2.43. The van der Waals surface area contributed by atoms with Gasteiger partial charge in [-0.25, -0.2) is 4.57 Å². The van der Waals surface area contributed by atoms with E-state index in [-0.39, 0.29) is 19.3 Å². The molecule has 0 aliphatic rings. The van der Waals surface area contributed by atoms with Crippen LogP contribution in [-0.2, 0) is 42.2 Å². The lowest BCUT2D eigenvalue weighted by Crippen LogP contribution is -2.30. The fraction of sp³-hybridized carbons (Fsp3) is 0.578. The standard InChI is InChI=1S/C64H101O11P/c1-4-7-10-13-16-19-22-25-28-30-33-36-39-42-45-48-51-54-63(67)74-60(56-65)58-72-76(69,70)73-59-61(57-71-62(66)53-50-47-44-41-38-35-32-27-24-21-18-15-12-9-6-3)75-64(68)55-52-49-46-43-40-37-34-31-29-26-23-20-17-14-11-8-5-2/h7-12,16-21,25-29,32,34,37-38,41,47,50,60-61,65H,4-6,13-15,22-24,30-31,33,35-36,39-40,42-46,48-49,51-59H2,1-3H3,(H,69,70)/b10-7-,11-8-,12-9-,19-16-,20-17-,21-18-,28-25-,29-26-,32-27-,37-34-,41-38-,50-47-. The summed E-state index contributed by atoms with van der Waals surface area (Å²) in [6.45, 7) is 4.13. The molecule has 0 aromatic heterocycles. The molecule has 0 aromatic rings. The molecule has 0 heterocycles. The summed E-state index contributed by atoms with van der Waals surface area (Å²) in [5.74, 6) is -1.67. The Bertz CT molecular complexity index is 1830. The van der Waals surface area contributed by atoms with Gasteiger partial charge >= 0.3 is 25.7 Å². The second kappa shape index (κ2) is 56.6. The number of carbonyl (C=O) groups is 3. The van der Waals surface area contributed by atoms with Crippen molar-refractivity contribution >= 4 is 25.7 Å². The summed E-state index contributed by atoms with van der Waals surface area (Å²) < 4.78 is 39.4. The van der Waals surface area contributed by atoms with E-state index in [1.807, 2.05) is 12.2 Å². The molecule has 12 heteroatoms. The predicted molar refractivity (Wildman–Crippen MR) is 316 cm³/mol. The average Bonchev–Trinajstić information content (AvgIpc) is 3.41. The average molecular weight is 1080 g/mol. The molecule has 0 saturated carbocycles. The lowest BCUT2D eigenvalue weighted by Gasteiger charge is -2.21. The molecule has 0 saturated heterocycles. The highest BCUT2D eigenvalue weighted by atomic mass is 31.2. The van der Waals surface area contributed by atoms with Gasteiger partial charge in [-0.05, 0) is 116 Å². The minimum absolute atomic E-state index is 0.0199. The number of esters is 3. The van der Waals surface area contributed by atoms with E-state index in [1.54, 1.807) is 6.08 Å². The van der Waals surface area contributed by atoms with Gasteiger partial charge in [0.2, 0.25) is 0 Å². The highest BCUT2D eigenvalue weighted by molar-refractivity contribution is 7.47. The summed E-state index contributed by atoms with van der Waals surface area (Å²) in [7, 11) is -4.79. The van der Waals surface area contributed by atoms with Gasteiger partial charge in [-0.3, -0.25) is 23.4 Å². The Labute approximate surface area is 461 Å². The Kier molecular flexibility index (Phi) is 53.1. The number of hydrogen-bond donors (Lipinski definition) is 2. The number of phosphoric ester groups is 1. The SMILES string of the molecule is CC/C=C\C/C=C\C/C=C\C/C=C\C/C=C\CC(=O)OCC(COP(=O)(O)OCC(CO)OC(=O)CCCCCCCCC/C=C\C/C=C\C/C=C\CC)OC(=O)CCCCCC/C=C\C/C=C\C/C=C\C/C=C\CC. The monoisotopic (exact) mass is 1080 g/mol. The third kappa shape index (κ3) is 54.2. The first-order chi connectivity index (χ1) is 37.2. The van der Waals surface area contributed by atoms with E-state index in [9.17, 15) is 28.9 Å². The van der Waals surface area contributed by atoms with Gasteiger partial charge in [0.15, 0.2) is 6.10 Å². The van der Waals surface area contributed by atoms with Crippen molar-refractivity contribution in [2.75, 3.05) is 26.4 Å². The summed E-state index contributed by atoms with van der Waals surface area (Å²) in [4.78, 5) is 48.5. The van der Waals surface area contributed by atoms with Crippen molar-refractivity contribution in [2.45, 2.75) is 213 Å². The van der Waals surface area contributed by atoms with Gasteiger partial charge in [-0.2, -0.15) is 0 Å². The van der Waals surface area contributed by atoms with Crippen LogP contribution in [0.2, 0.25) is 0 Å². The van der Waals surface area contributed by atoms with Crippen molar-refractivity contribution < 1.29 is 52.2 Å². The molecular weight excluding hydrogens is 976 g/mol. The van der Waals surface area contributed by atoms with E-state index in [2.05, 4.69) is 148 Å². The van der Waals surface area contributed by atoms with E-state index in [0.717, 1.165) is 135 Å². The Morgan fingerprint density at radius 3 is 1.05 bits per heavy atom. The number of rotatable bonds is 51. The van der Waals surface area contributed by atoms with Gasteiger partial charge in [0.05, 0.1) is 26.2 Å². The Morgan fingerprint density at radius 1 is 0.382 bits per heavy atom. The second-order valence-electron chi connectivity index (χ2n) is 18.3. The molecule has 3 atom stereocenters. The van der Waals surface area contributed by atoms with Crippen LogP contribution in [0.25, 0.3) is 0 Å². The third-order valence-electron chi connectivity index (χ3n) is 11.3. The largest absolute Gasteiger partial charge is 0.472 e. The number of unbranched alkanes of at least 4 members (excludes halogenated alkanes) is 11. The summed E-state index contributed by atoms with van der Waals surface area (Å²) >= 11 is 0. The van der Waals surface area contributed by atoms with E-state index in [0.29, 0.717) is 19.3 Å². The lowest BCUT2D eigenvalue weighted by molar-refractivity contribution is -0.161. The Balaban J connectivity index is 4.87. The number of ether oxygens (including phenoxy) is 3. The molecule has 428 valence electrons. The predicted octanol–water partition coefficient (Wildman–Crippen LogP) is 17.1. The van der Waals surface area contributed by atoms with Gasteiger partial charge in [-0.1, -0.05) is 212 Å². The van der Waals surface area contributed by atoms with E-state index < -0.39 is 64.4 Å². The maximum atomic E-state index is 12.9. The smallest absolute Gasteiger partial charge is 0.461 e. The number of phosphoric acid groups is 1. The van der Waals surface area contributed by atoms with Crippen molar-refractivity contribution in [3.63, 3.8) is 0 Å². The summed E-state index contributed by atoms with van der Waals surface area (Å²) in [5, 5.41) is 9.82. The number of aliphatic hydroxyl groups is 1. The van der Waals surface area contributed by atoms with Crippen LogP contribution < -0.4 is 0 Å². The first-order valence-electron chi connectivity index (χ1n) is 28.7. The molecule has 3 unspecified atom stereocenters. The van der Waals surface area contributed by atoms with Crippen LogP contribution in [0.15, 0.2) is 146 Å². The van der Waals surface area contributed by atoms with Crippen molar-refractivity contribution in [1.82, 2.24) is 0 Å². The third-order valence-corrected chi connectivity index (χ3v) is 12.2. The topological polar surface area (TPSA) is 155 Å². The first-order valence-corrected chi connectivity index (χ1v) is 30.2. The van der Waals surface area contributed by atoms with Gasteiger partial charge < -0.3 is 24.2 Å². The van der Waals surface area contributed by atoms with Crippen molar-refractivity contribution in [3.05, 3.63) is 146 Å². The molecule has 0 aliphatic heterocycles. The van der Waals surface area contributed by atoms with Crippen LogP contribution in [-0.4, -0.2) is 66.5 Å². The zero-order chi connectivity index (χ0) is 55.5. The molecule has 0 radical (unpaired) electrons. The van der Waals surface area contributed by atoms with Crippen molar-refractivity contribution in [1.29, 1.82) is 0 Å². The number of carbonyl (C=O) groups excluding carboxylic acids is 3. The van der Waals surface area contributed by atoms with Gasteiger partial charge in [0, 0.05) is 12.8 Å². The van der Waals surface area contributed by atoms with Gasteiger partial charge in [0.25, 0.3) is 0 Å². The molecule has 76 heavy (non-hydrogen) atoms. The number of aliphatic hydroxyl groups excluding tert-OH is 1.